The van der Waals surface area contributed by atoms with Crippen molar-refractivity contribution in [2.75, 3.05) is 32.3 Å². The lowest BCUT2D eigenvalue weighted by Crippen LogP contribution is -2.48. The third-order valence-electron chi connectivity index (χ3n) is 3.87. The van der Waals surface area contributed by atoms with Gasteiger partial charge in [-0.15, -0.1) is 0 Å². The van der Waals surface area contributed by atoms with E-state index in [0.717, 1.165) is 0 Å². The van der Waals surface area contributed by atoms with Crippen LogP contribution in [0.15, 0.2) is 18.2 Å². The van der Waals surface area contributed by atoms with E-state index in [1.807, 2.05) is 0 Å². The molecule has 1 amide bonds. The first-order valence-corrected chi connectivity index (χ1v) is 9.40. The van der Waals surface area contributed by atoms with E-state index in [4.69, 9.17) is 14.2 Å². The summed E-state index contributed by atoms with van der Waals surface area (Å²) in [5.41, 5.74) is -0.653. The van der Waals surface area contributed by atoms with E-state index in [9.17, 15) is 18.0 Å². The Labute approximate surface area is 146 Å². The zero-order chi connectivity index (χ0) is 18.7. The van der Waals surface area contributed by atoms with Gasteiger partial charge in [0.2, 0.25) is 0 Å². The van der Waals surface area contributed by atoms with E-state index in [1.165, 1.54) is 26.4 Å². The number of rotatable bonds is 6. The Bertz CT molecular complexity index is 752. The van der Waals surface area contributed by atoms with Gasteiger partial charge in [0.25, 0.3) is 5.91 Å². The van der Waals surface area contributed by atoms with Crippen molar-refractivity contribution < 1.29 is 32.2 Å². The molecule has 0 aromatic heterocycles. The normalized spacial score (nSPS) is 21.4. The molecule has 1 atom stereocenters. The summed E-state index contributed by atoms with van der Waals surface area (Å²) >= 11 is 0. The zero-order valence-corrected chi connectivity index (χ0v) is 15.1. The molecule has 0 saturated carbocycles. The Hall–Kier alpha value is -2.29. The molecular weight excluding hydrogens is 350 g/mol. The molecule has 9 heteroatoms. The van der Waals surface area contributed by atoms with Crippen LogP contribution in [0.4, 0.5) is 0 Å². The first-order chi connectivity index (χ1) is 11.7. The van der Waals surface area contributed by atoms with Crippen LogP contribution >= 0.6 is 0 Å². The molecule has 0 radical (unpaired) electrons. The van der Waals surface area contributed by atoms with Gasteiger partial charge < -0.3 is 19.5 Å². The van der Waals surface area contributed by atoms with Gasteiger partial charge in [-0.1, -0.05) is 0 Å². The van der Waals surface area contributed by atoms with Crippen LogP contribution in [0.25, 0.3) is 0 Å². The Morgan fingerprint density at radius 1 is 1.16 bits per heavy atom. The fourth-order valence-corrected chi connectivity index (χ4v) is 4.71. The maximum absolute atomic E-state index is 12.1. The monoisotopic (exact) mass is 371 g/mol. The number of carbonyl (C=O) groups is 2. The lowest BCUT2D eigenvalue weighted by atomic mass is 10.0. The molecule has 1 fully saturated rings. The van der Waals surface area contributed by atoms with Crippen LogP contribution in [0.2, 0.25) is 0 Å². The summed E-state index contributed by atoms with van der Waals surface area (Å²) < 4.78 is 38.2. The highest BCUT2D eigenvalue weighted by Crippen LogP contribution is 2.24. The van der Waals surface area contributed by atoms with Gasteiger partial charge in [0.05, 0.1) is 36.8 Å². The zero-order valence-electron chi connectivity index (χ0n) is 14.3. The van der Waals surface area contributed by atoms with Crippen molar-refractivity contribution >= 4 is 21.7 Å². The highest BCUT2D eigenvalue weighted by molar-refractivity contribution is 7.91. The Morgan fingerprint density at radius 3 is 2.24 bits per heavy atom. The van der Waals surface area contributed by atoms with Crippen LogP contribution in [-0.4, -0.2) is 58.2 Å². The van der Waals surface area contributed by atoms with Crippen molar-refractivity contribution in [1.82, 2.24) is 5.32 Å². The summed E-state index contributed by atoms with van der Waals surface area (Å²) in [5.74, 6) is -0.516. The SMILES string of the molecule is COc1cc(OC)cc(C(=O)OCC(=O)N[C@@]2(C)CCS(=O)(=O)C2)c1. The number of carbonyl (C=O) groups excluding carboxylic acids is 2. The lowest BCUT2D eigenvalue weighted by Gasteiger charge is -2.23. The number of ether oxygens (including phenoxy) is 3. The highest BCUT2D eigenvalue weighted by atomic mass is 32.2. The van der Waals surface area contributed by atoms with Gasteiger partial charge in [-0.25, -0.2) is 13.2 Å². The van der Waals surface area contributed by atoms with Crippen molar-refractivity contribution in [2.24, 2.45) is 0 Å². The first kappa shape index (κ1) is 19.0. The third-order valence-corrected chi connectivity index (χ3v) is 5.77. The number of benzene rings is 1. The van der Waals surface area contributed by atoms with Crippen molar-refractivity contribution in [3.05, 3.63) is 23.8 Å². The molecule has 1 saturated heterocycles. The van der Waals surface area contributed by atoms with E-state index in [0.29, 0.717) is 17.9 Å². The molecule has 138 valence electrons. The molecule has 0 bridgehead atoms. The lowest BCUT2D eigenvalue weighted by molar-refractivity contribution is -0.125. The summed E-state index contributed by atoms with van der Waals surface area (Å²) in [6, 6.07) is 4.53. The quantitative estimate of drug-likeness (QED) is 0.728. The molecule has 1 aliphatic rings. The van der Waals surface area contributed by atoms with Crippen molar-refractivity contribution in [3.8, 4) is 11.5 Å². The second-order valence-corrected chi connectivity index (χ2v) is 8.31. The molecule has 25 heavy (non-hydrogen) atoms. The van der Waals surface area contributed by atoms with Crippen molar-refractivity contribution in [1.29, 1.82) is 0 Å². The molecule has 1 heterocycles. The molecule has 1 aromatic carbocycles. The van der Waals surface area contributed by atoms with Crippen LogP contribution < -0.4 is 14.8 Å². The van der Waals surface area contributed by atoms with Gasteiger partial charge in [0.15, 0.2) is 16.4 Å². The number of nitrogens with one attached hydrogen (secondary N) is 1. The minimum Gasteiger partial charge on any atom is -0.497 e. The average Bonchev–Trinajstić information content (AvgIpc) is 2.84. The molecule has 0 unspecified atom stereocenters. The minimum absolute atomic E-state index is 0.0349. The van der Waals surface area contributed by atoms with Crippen molar-refractivity contribution in [3.63, 3.8) is 0 Å². The molecule has 2 rings (SSSR count). The summed E-state index contributed by atoms with van der Waals surface area (Å²) in [7, 11) is -0.235. The van der Waals surface area contributed by atoms with Crippen LogP contribution in [-0.2, 0) is 19.4 Å². The smallest absolute Gasteiger partial charge is 0.338 e. The maximum Gasteiger partial charge on any atom is 0.338 e. The predicted molar refractivity (Wildman–Crippen MR) is 89.6 cm³/mol. The van der Waals surface area contributed by atoms with Gasteiger partial charge in [0, 0.05) is 6.07 Å². The molecular formula is C16H21NO7S. The van der Waals surface area contributed by atoms with Crippen LogP contribution in [0.5, 0.6) is 11.5 Å². The standard InChI is InChI=1S/C16H21NO7S/c1-16(4-5-25(20,21)10-16)17-14(18)9-24-15(19)11-6-12(22-2)8-13(7-11)23-3/h6-8H,4-5,9-10H2,1-3H3,(H,17,18)/t16-/m0/s1. The number of hydrogen-bond donors (Lipinski definition) is 1. The van der Waals surface area contributed by atoms with E-state index in [1.54, 1.807) is 13.0 Å². The van der Waals surface area contributed by atoms with E-state index >= 15 is 0 Å². The van der Waals surface area contributed by atoms with E-state index in [2.05, 4.69) is 5.32 Å². The molecule has 1 N–H and O–H groups in total. The number of amides is 1. The van der Waals surface area contributed by atoms with Gasteiger partial charge in [-0.3, -0.25) is 4.79 Å². The summed E-state index contributed by atoms with van der Waals surface area (Å²) in [6.45, 7) is 1.15. The largest absolute Gasteiger partial charge is 0.497 e. The predicted octanol–water partition coefficient (Wildman–Crippen LogP) is 0.554. The number of methoxy groups -OCH3 is 2. The maximum atomic E-state index is 12.1. The van der Waals surface area contributed by atoms with Crippen molar-refractivity contribution in [2.45, 2.75) is 18.9 Å². The van der Waals surface area contributed by atoms with Gasteiger partial charge in [0.1, 0.15) is 11.5 Å². The van der Waals surface area contributed by atoms with Gasteiger partial charge >= 0.3 is 5.97 Å². The number of sulfone groups is 1. The molecule has 1 aromatic rings. The Morgan fingerprint density at radius 2 is 1.76 bits per heavy atom. The van der Waals surface area contributed by atoms with Gasteiger partial charge in [-0.2, -0.15) is 0 Å². The fourth-order valence-electron chi connectivity index (χ4n) is 2.62. The molecule has 0 aliphatic carbocycles. The topological polar surface area (TPSA) is 108 Å². The van der Waals surface area contributed by atoms with Crippen LogP contribution in [0.1, 0.15) is 23.7 Å². The second-order valence-electron chi connectivity index (χ2n) is 6.13. The first-order valence-electron chi connectivity index (χ1n) is 7.58. The van der Waals surface area contributed by atoms with Crippen LogP contribution in [0, 0.1) is 0 Å². The third kappa shape index (κ3) is 5.09. The highest BCUT2D eigenvalue weighted by Gasteiger charge is 2.39. The molecule has 8 nitrogen and oxygen atoms in total. The summed E-state index contributed by atoms with van der Waals surface area (Å²) in [4.78, 5) is 24.1. The van der Waals surface area contributed by atoms with Crippen LogP contribution in [0.3, 0.4) is 0 Å². The van der Waals surface area contributed by atoms with Gasteiger partial charge in [-0.05, 0) is 25.5 Å². The number of esters is 1. The fraction of sp³-hybridized carbons (Fsp3) is 0.500. The number of hydrogen-bond acceptors (Lipinski definition) is 7. The second kappa shape index (κ2) is 7.30. The summed E-state index contributed by atoms with van der Waals surface area (Å²) in [6.07, 6.45) is 0.335. The summed E-state index contributed by atoms with van der Waals surface area (Å²) in [5, 5.41) is 2.62. The Balaban J connectivity index is 1.95. The molecule has 1 aliphatic heterocycles. The molecule has 0 spiro atoms. The van der Waals surface area contributed by atoms with E-state index < -0.39 is 33.9 Å². The minimum atomic E-state index is -3.14. The van der Waals surface area contributed by atoms with E-state index in [-0.39, 0.29) is 17.1 Å². The average molecular weight is 371 g/mol. The Kier molecular flexibility index (Phi) is 5.56.